The van der Waals surface area contributed by atoms with Gasteiger partial charge >= 0.3 is 0 Å². The molecule has 2 aromatic carbocycles. The molecule has 0 radical (unpaired) electrons. The largest absolute Gasteiger partial charge is 0.385 e. The van der Waals surface area contributed by atoms with Crippen LogP contribution in [-0.4, -0.2) is 45.2 Å². The van der Waals surface area contributed by atoms with Crippen LogP contribution in [0.1, 0.15) is 71.7 Å². The highest BCUT2D eigenvalue weighted by Gasteiger charge is 2.20. The first-order valence-electron chi connectivity index (χ1n) is 12.2. The average Bonchev–Trinajstić information content (AvgIpc) is 2.86. The van der Waals surface area contributed by atoms with Crippen molar-refractivity contribution in [2.75, 3.05) is 43.6 Å². The quantitative estimate of drug-likeness (QED) is 0.470. The summed E-state index contributed by atoms with van der Waals surface area (Å²) in [5.74, 6) is -0.294. The molecule has 2 amide bonds. The van der Waals surface area contributed by atoms with Gasteiger partial charge in [-0.15, -0.1) is 0 Å². The zero-order chi connectivity index (χ0) is 23.5. The number of ether oxygens (including phenoxy) is 1. The van der Waals surface area contributed by atoms with Crippen molar-refractivity contribution in [2.24, 2.45) is 0 Å². The summed E-state index contributed by atoms with van der Waals surface area (Å²) in [5.41, 5.74) is 4.00. The molecule has 3 rings (SSSR count). The van der Waals surface area contributed by atoms with Crippen molar-refractivity contribution < 1.29 is 14.3 Å². The maximum Gasteiger partial charge on any atom is 0.255 e. The predicted octanol–water partition coefficient (Wildman–Crippen LogP) is 5.04. The number of nitrogens with zero attached hydrogens (tertiary/aromatic N) is 1. The molecule has 0 aliphatic carbocycles. The lowest BCUT2D eigenvalue weighted by atomic mass is 10.0. The third kappa shape index (κ3) is 7.32. The van der Waals surface area contributed by atoms with Crippen LogP contribution in [0.25, 0.3) is 0 Å². The average molecular weight is 452 g/mol. The number of benzene rings is 2. The highest BCUT2D eigenvalue weighted by atomic mass is 16.5. The standard InChI is InChI=1S/C27H37N3O3/c1-3-4-9-21-10-12-22(13-11-21)26(31)29-23-14-15-25(30-17-6-5-7-18-30)24(20-23)27(32)28-16-8-19-33-2/h10-15,20H,3-9,16-19H2,1-2H3,(H,28,32)(H,29,31). The lowest BCUT2D eigenvalue weighted by Crippen LogP contribution is -2.33. The minimum atomic E-state index is -0.172. The minimum Gasteiger partial charge on any atom is -0.385 e. The molecule has 2 N–H and O–H groups in total. The van der Waals surface area contributed by atoms with E-state index in [1.165, 1.54) is 12.0 Å². The van der Waals surface area contributed by atoms with Crippen molar-refractivity contribution in [2.45, 2.75) is 51.9 Å². The zero-order valence-electron chi connectivity index (χ0n) is 20.0. The number of piperidine rings is 1. The van der Waals surface area contributed by atoms with Crippen LogP contribution in [0.2, 0.25) is 0 Å². The Morgan fingerprint density at radius 1 is 0.970 bits per heavy atom. The molecule has 0 saturated carbocycles. The van der Waals surface area contributed by atoms with Gasteiger partial charge in [-0.1, -0.05) is 25.5 Å². The molecule has 0 atom stereocenters. The Bertz CT molecular complexity index is 905. The summed E-state index contributed by atoms with van der Waals surface area (Å²) >= 11 is 0. The summed E-state index contributed by atoms with van der Waals surface area (Å²) in [7, 11) is 1.65. The molecule has 2 aromatic rings. The zero-order valence-corrected chi connectivity index (χ0v) is 20.0. The number of carbonyl (C=O) groups is 2. The molecule has 1 aliphatic rings. The highest BCUT2D eigenvalue weighted by molar-refractivity contribution is 6.06. The van der Waals surface area contributed by atoms with Crippen molar-refractivity contribution in [1.29, 1.82) is 0 Å². The Morgan fingerprint density at radius 2 is 1.73 bits per heavy atom. The number of hydrogen-bond donors (Lipinski definition) is 2. The summed E-state index contributed by atoms with van der Waals surface area (Å²) in [6, 6.07) is 13.4. The lowest BCUT2D eigenvalue weighted by molar-refractivity contribution is 0.0947. The van der Waals surface area contributed by atoms with Gasteiger partial charge in [0, 0.05) is 50.3 Å². The van der Waals surface area contributed by atoms with E-state index in [1.807, 2.05) is 36.4 Å². The molecule has 0 spiro atoms. The second-order valence-corrected chi connectivity index (χ2v) is 8.64. The molecule has 178 valence electrons. The molecule has 0 unspecified atom stereocenters. The fourth-order valence-corrected chi connectivity index (χ4v) is 4.13. The minimum absolute atomic E-state index is 0.122. The summed E-state index contributed by atoms with van der Waals surface area (Å²) in [6.07, 6.45) is 7.55. The van der Waals surface area contributed by atoms with Gasteiger partial charge in [0.25, 0.3) is 11.8 Å². The number of unbranched alkanes of at least 4 members (excludes halogenated alkanes) is 1. The van der Waals surface area contributed by atoms with Crippen LogP contribution >= 0.6 is 0 Å². The molecular weight excluding hydrogens is 414 g/mol. The molecule has 1 fully saturated rings. The summed E-state index contributed by atoms with van der Waals surface area (Å²) in [5, 5.41) is 5.96. The van der Waals surface area contributed by atoms with Gasteiger partial charge in [0.2, 0.25) is 0 Å². The number of hydrogen-bond acceptors (Lipinski definition) is 4. The van der Waals surface area contributed by atoms with Crippen LogP contribution in [0.15, 0.2) is 42.5 Å². The smallest absolute Gasteiger partial charge is 0.255 e. The summed E-state index contributed by atoms with van der Waals surface area (Å²) in [4.78, 5) is 28.1. The van der Waals surface area contributed by atoms with Gasteiger partial charge in [-0.3, -0.25) is 9.59 Å². The van der Waals surface area contributed by atoms with Crippen LogP contribution in [-0.2, 0) is 11.2 Å². The van der Waals surface area contributed by atoms with Crippen molar-refractivity contribution in [1.82, 2.24) is 5.32 Å². The van der Waals surface area contributed by atoms with Gasteiger partial charge in [-0.25, -0.2) is 0 Å². The maximum atomic E-state index is 13.0. The second-order valence-electron chi connectivity index (χ2n) is 8.64. The number of rotatable bonds is 11. The Morgan fingerprint density at radius 3 is 2.42 bits per heavy atom. The van der Waals surface area contributed by atoms with Crippen molar-refractivity contribution in [3.8, 4) is 0 Å². The Labute approximate surface area is 197 Å². The van der Waals surface area contributed by atoms with E-state index in [1.54, 1.807) is 13.2 Å². The Hall–Kier alpha value is -2.86. The molecule has 6 heteroatoms. The Kier molecular flexibility index (Phi) is 9.76. The third-order valence-electron chi connectivity index (χ3n) is 6.04. The fraction of sp³-hybridized carbons (Fsp3) is 0.481. The van der Waals surface area contributed by atoms with Crippen molar-refractivity contribution >= 4 is 23.2 Å². The van der Waals surface area contributed by atoms with E-state index in [0.717, 1.165) is 57.3 Å². The topological polar surface area (TPSA) is 70.7 Å². The van der Waals surface area contributed by atoms with Crippen molar-refractivity contribution in [3.63, 3.8) is 0 Å². The van der Waals surface area contributed by atoms with Crippen molar-refractivity contribution in [3.05, 3.63) is 59.2 Å². The van der Waals surface area contributed by atoms with Gasteiger partial charge in [-0.05, 0) is 74.4 Å². The Balaban J connectivity index is 1.74. The maximum absolute atomic E-state index is 13.0. The predicted molar refractivity (Wildman–Crippen MR) is 134 cm³/mol. The van der Waals surface area contributed by atoms with Crippen LogP contribution in [0.4, 0.5) is 11.4 Å². The molecule has 6 nitrogen and oxygen atoms in total. The van der Waals surface area contributed by atoms with E-state index in [4.69, 9.17) is 4.74 Å². The van der Waals surface area contributed by atoms with E-state index in [-0.39, 0.29) is 11.8 Å². The van der Waals surface area contributed by atoms with Gasteiger partial charge < -0.3 is 20.3 Å². The number of anilines is 2. The van der Waals surface area contributed by atoms with Gasteiger partial charge in [-0.2, -0.15) is 0 Å². The highest BCUT2D eigenvalue weighted by Crippen LogP contribution is 2.27. The molecule has 0 aromatic heterocycles. The van der Waals surface area contributed by atoms with Crippen LogP contribution in [0, 0.1) is 0 Å². The van der Waals surface area contributed by atoms with Crippen LogP contribution < -0.4 is 15.5 Å². The van der Waals surface area contributed by atoms with E-state index in [0.29, 0.717) is 30.0 Å². The summed E-state index contributed by atoms with van der Waals surface area (Å²) in [6.45, 7) is 5.21. The number of methoxy groups -OCH3 is 1. The van der Waals surface area contributed by atoms with Crippen LogP contribution in [0.5, 0.6) is 0 Å². The monoisotopic (exact) mass is 451 g/mol. The van der Waals surface area contributed by atoms with E-state index in [9.17, 15) is 9.59 Å². The molecule has 0 bridgehead atoms. The number of amides is 2. The second kappa shape index (κ2) is 13.0. The van der Waals surface area contributed by atoms with E-state index >= 15 is 0 Å². The number of carbonyl (C=O) groups excluding carboxylic acids is 2. The van der Waals surface area contributed by atoms with Gasteiger partial charge in [0.05, 0.1) is 5.56 Å². The number of aryl methyl sites for hydroxylation is 1. The fourth-order valence-electron chi connectivity index (χ4n) is 4.13. The molecule has 1 saturated heterocycles. The van der Waals surface area contributed by atoms with Crippen LogP contribution in [0.3, 0.4) is 0 Å². The van der Waals surface area contributed by atoms with E-state index < -0.39 is 0 Å². The molecule has 1 aliphatic heterocycles. The first-order valence-corrected chi connectivity index (χ1v) is 12.2. The molecule has 33 heavy (non-hydrogen) atoms. The van der Waals surface area contributed by atoms with E-state index in [2.05, 4.69) is 22.5 Å². The van der Waals surface area contributed by atoms with Gasteiger partial charge in [0.15, 0.2) is 0 Å². The summed E-state index contributed by atoms with van der Waals surface area (Å²) < 4.78 is 5.07. The first-order chi connectivity index (χ1) is 16.1. The van der Waals surface area contributed by atoms with Gasteiger partial charge in [0.1, 0.15) is 0 Å². The normalized spacial score (nSPS) is 13.6. The molecular formula is C27H37N3O3. The first kappa shape index (κ1) is 24.8. The third-order valence-corrected chi connectivity index (χ3v) is 6.04. The SMILES string of the molecule is CCCCc1ccc(C(=O)Nc2ccc(N3CCCCC3)c(C(=O)NCCCOC)c2)cc1. The number of nitrogens with one attached hydrogen (secondary N) is 2. The lowest BCUT2D eigenvalue weighted by Gasteiger charge is -2.30. The molecule has 1 heterocycles.